The summed E-state index contributed by atoms with van der Waals surface area (Å²) in [5.41, 5.74) is 9.31. The first-order valence-corrected chi connectivity index (χ1v) is 9.03. The quantitative estimate of drug-likeness (QED) is 0.256. The van der Waals surface area contributed by atoms with Crippen molar-refractivity contribution in [2.24, 2.45) is 15.9 Å². The van der Waals surface area contributed by atoms with Gasteiger partial charge >= 0.3 is 18.6 Å². The van der Waals surface area contributed by atoms with E-state index in [0.717, 1.165) is 17.6 Å². The Hall–Kier alpha value is -3.44. The average molecular weight is 470 g/mol. The molecule has 5 rings (SSSR count). The fraction of sp³-hybridized carbons (Fsp3) is 0.143. The summed E-state index contributed by atoms with van der Waals surface area (Å²) in [6, 6.07) is 11.8. The molecular weight excluding hydrogens is 453 g/mol. The van der Waals surface area contributed by atoms with Crippen LogP contribution in [0.3, 0.4) is 0 Å². The number of methoxy groups -OCH3 is 1. The maximum atomic E-state index is 11.5. The van der Waals surface area contributed by atoms with Gasteiger partial charge in [0.15, 0.2) is 0 Å². The molecule has 2 aromatic heterocycles. The second-order valence-corrected chi connectivity index (χ2v) is 6.42. The molecule has 1 radical (unpaired) electrons. The first-order valence-electron chi connectivity index (χ1n) is 9.03. The van der Waals surface area contributed by atoms with Crippen molar-refractivity contribution < 1.29 is 43.7 Å². The number of para-hydroxylation sites is 1. The molecule has 0 bridgehead atoms. The van der Waals surface area contributed by atoms with Gasteiger partial charge in [-0.25, -0.2) is 0 Å². The van der Waals surface area contributed by atoms with Gasteiger partial charge in [0.25, 0.3) is 0 Å². The van der Waals surface area contributed by atoms with Crippen LogP contribution < -0.4 is 20.7 Å². The number of nitrogens with two attached hydrogens (primary N) is 1. The van der Waals surface area contributed by atoms with Crippen molar-refractivity contribution in [2.45, 2.75) is 12.2 Å². The van der Waals surface area contributed by atoms with Gasteiger partial charge in [-0.15, -0.1) is 5.10 Å². The molecule has 3 heterocycles. The molecule has 0 amide bonds. The Morgan fingerprint density at radius 3 is 2.19 bits per heavy atom. The molecule has 1 aromatic carbocycles. The Balaban J connectivity index is 0.000000214. The van der Waals surface area contributed by atoms with Crippen LogP contribution in [-0.4, -0.2) is 29.3 Å². The number of hydrogen-bond donors (Lipinski definition) is 1. The van der Waals surface area contributed by atoms with E-state index in [4.69, 9.17) is 15.2 Å². The molecule has 2 aliphatic rings. The van der Waals surface area contributed by atoms with Crippen LogP contribution in [0.25, 0.3) is 11.4 Å². The average Bonchev–Trinajstić information content (AvgIpc) is 3.57. The summed E-state index contributed by atoms with van der Waals surface area (Å²) < 4.78 is 10.5. The van der Waals surface area contributed by atoms with E-state index < -0.39 is 6.02 Å². The Kier molecular flexibility index (Phi) is 8.33. The monoisotopic (exact) mass is 470 g/mol. The minimum Gasteiger partial charge on any atom is -2.00 e. The van der Waals surface area contributed by atoms with Crippen LogP contribution in [0.1, 0.15) is 28.9 Å². The first kappa shape index (κ1) is 24.8. The summed E-state index contributed by atoms with van der Waals surface area (Å²) in [6.45, 7) is 0. The van der Waals surface area contributed by atoms with Gasteiger partial charge in [-0.3, -0.25) is 9.97 Å². The molecule has 2 N–H and O–H groups in total. The molecule has 1 fully saturated rings. The van der Waals surface area contributed by atoms with E-state index in [0.29, 0.717) is 0 Å². The minimum atomic E-state index is -0.915. The van der Waals surface area contributed by atoms with E-state index in [-0.39, 0.29) is 53.3 Å². The van der Waals surface area contributed by atoms with Crippen molar-refractivity contribution >= 4 is 12.2 Å². The number of aromatic nitrogens is 2. The number of benzene rings is 1. The van der Waals surface area contributed by atoms with Gasteiger partial charge in [0, 0.05) is 23.5 Å². The Labute approximate surface area is 195 Å². The van der Waals surface area contributed by atoms with Crippen molar-refractivity contribution in [3.05, 3.63) is 71.5 Å². The number of fused-ring (bicyclic) bond motifs is 6. The molecule has 3 aromatic rings. The SMILES string of the molecule is COc1cccc(/C=N/N=C(/N)[O-])c1[O-].[O-2].[V+4].c1cnc2c(c1)C1OC1c1cccnc1-2. The van der Waals surface area contributed by atoms with Crippen molar-refractivity contribution in [1.82, 2.24) is 9.97 Å². The van der Waals surface area contributed by atoms with Gasteiger partial charge in [0.05, 0.1) is 30.7 Å². The molecule has 0 saturated carbocycles. The van der Waals surface area contributed by atoms with Gasteiger partial charge in [-0.05, 0) is 23.8 Å². The van der Waals surface area contributed by atoms with Crippen molar-refractivity contribution in [1.29, 1.82) is 0 Å². The van der Waals surface area contributed by atoms with Crippen LogP contribution in [0, 0.1) is 0 Å². The van der Waals surface area contributed by atoms with Gasteiger partial charge in [-0.1, -0.05) is 30.0 Å². The zero-order chi connectivity index (χ0) is 21.1. The zero-order valence-corrected chi connectivity index (χ0v) is 18.2. The van der Waals surface area contributed by atoms with Gasteiger partial charge < -0.3 is 30.9 Å². The molecule has 10 nitrogen and oxygen atoms in total. The number of rotatable bonds is 3. The smallest absolute Gasteiger partial charge is 2.00 e. The molecule has 1 aliphatic carbocycles. The Bertz CT molecular complexity index is 1090. The Morgan fingerprint density at radius 1 is 1.06 bits per heavy atom. The van der Waals surface area contributed by atoms with Crippen LogP contribution in [0.5, 0.6) is 11.5 Å². The molecule has 161 valence electrons. The summed E-state index contributed by atoms with van der Waals surface area (Å²) in [4.78, 5) is 8.79. The first-order chi connectivity index (χ1) is 14.6. The summed E-state index contributed by atoms with van der Waals surface area (Å²) in [6.07, 6.45) is 5.19. The van der Waals surface area contributed by atoms with E-state index in [1.165, 1.54) is 30.4 Å². The van der Waals surface area contributed by atoms with Crippen molar-refractivity contribution in [3.63, 3.8) is 0 Å². The van der Waals surface area contributed by atoms with E-state index in [1.807, 2.05) is 12.1 Å². The van der Waals surface area contributed by atoms with E-state index >= 15 is 0 Å². The fourth-order valence-electron chi connectivity index (χ4n) is 3.22. The molecule has 11 heteroatoms. The molecule has 2 unspecified atom stereocenters. The van der Waals surface area contributed by atoms with Crippen LogP contribution in [0.2, 0.25) is 0 Å². The van der Waals surface area contributed by atoms with Gasteiger partial charge in [0.1, 0.15) is 18.0 Å². The molecular formula is C21H17N5O5V. The molecule has 0 spiro atoms. The maximum Gasteiger partial charge on any atom is 4.00 e. The summed E-state index contributed by atoms with van der Waals surface area (Å²) in [5, 5.41) is 28.1. The van der Waals surface area contributed by atoms with E-state index in [9.17, 15) is 10.2 Å². The third kappa shape index (κ3) is 5.06. The van der Waals surface area contributed by atoms with Crippen molar-refractivity contribution in [3.8, 4) is 22.9 Å². The van der Waals surface area contributed by atoms with Crippen molar-refractivity contribution in [2.75, 3.05) is 7.11 Å². The Morgan fingerprint density at radius 2 is 1.66 bits per heavy atom. The second kappa shape index (κ2) is 10.7. The van der Waals surface area contributed by atoms with E-state index in [1.54, 1.807) is 18.5 Å². The van der Waals surface area contributed by atoms with Gasteiger partial charge in [0.2, 0.25) is 0 Å². The number of nitrogens with zero attached hydrogens (tertiary/aromatic N) is 4. The van der Waals surface area contributed by atoms with Crippen LogP contribution in [0.4, 0.5) is 0 Å². The third-order valence-electron chi connectivity index (χ3n) is 4.59. The maximum absolute atomic E-state index is 11.5. The minimum absolute atomic E-state index is 0. The number of epoxide rings is 1. The predicted octanol–water partition coefficient (Wildman–Crippen LogP) is 0.926. The third-order valence-corrected chi connectivity index (χ3v) is 4.59. The topological polar surface area (TPSA) is 173 Å². The summed E-state index contributed by atoms with van der Waals surface area (Å²) in [5.74, 6) is -0.110. The molecule has 2 atom stereocenters. The number of amidine groups is 1. The normalized spacial score (nSPS) is 17.3. The predicted molar refractivity (Wildman–Crippen MR) is 106 cm³/mol. The summed E-state index contributed by atoms with van der Waals surface area (Å²) in [7, 11) is 1.39. The van der Waals surface area contributed by atoms with Gasteiger partial charge in [-0.2, -0.15) is 5.10 Å². The summed E-state index contributed by atoms with van der Waals surface area (Å²) >= 11 is 0. The molecule has 1 saturated heterocycles. The van der Waals surface area contributed by atoms with Crippen LogP contribution in [-0.2, 0) is 28.8 Å². The standard InChI is InChI=1S/C12H8N2O.C9H11N3O3.O.V/c1-3-7-9(13-5-1)10-8(4-2-6-14-10)12-11(7)15-12;1-15-7-4-2-3-6(8(7)13)5-11-12-9(10)14;;/h1-6,11-12H;2-5,13H,1H3,(H3,10,12,14);;/q;;-2;+4/p-2/b;11-5+;;. The largest absolute Gasteiger partial charge is 4.00 e. The molecule has 32 heavy (non-hydrogen) atoms. The zero-order valence-electron chi connectivity index (χ0n) is 16.8. The number of ether oxygens (including phenoxy) is 2. The van der Waals surface area contributed by atoms with Crippen LogP contribution in [0.15, 0.2) is 65.1 Å². The second-order valence-electron chi connectivity index (χ2n) is 6.42. The fourth-order valence-corrected chi connectivity index (χ4v) is 3.22. The molecule has 1 aliphatic heterocycles. The van der Waals surface area contributed by atoms with Crippen LogP contribution >= 0.6 is 0 Å². The number of hydrogen-bond acceptors (Lipinski definition) is 8. The van der Waals surface area contributed by atoms with E-state index in [2.05, 4.69) is 32.3 Å². The number of pyridine rings is 2.